The Labute approximate surface area is 179 Å². The number of nitrogens with one attached hydrogen (secondary N) is 1. The van der Waals surface area contributed by atoms with Gasteiger partial charge in [0.1, 0.15) is 5.82 Å². The molecule has 1 atom stereocenters. The first kappa shape index (κ1) is 21.5. The van der Waals surface area contributed by atoms with Crippen LogP contribution in [0.15, 0.2) is 48.7 Å². The number of carbonyl (C=O) groups is 1. The van der Waals surface area contributed by atoms with E-state index < -0.39 is 29.6 Å². The van der Waals surface area contributed by atoms with E-state index in [4.69, 9.17) is 0 Å². The molecule has 11 heteroatoms. The third kappa shape index (κ3) is 4.18. The second-order valence-corrected chi connectivity index (χ2v) is 7.12. The molecule has 1 N–H and O–H groups in total. The van der Waals surface area contributed by atoms with Gasteiger partial charge in [0, 0.05) is 24.4 Å². The first-order chi connectivity index (χ1) is 15.2. The smallest absolute Gasteiger partial charge is 0.342 e. The van der Waals surface area contributed by atoms with Crippen LogP contribution in [-0.4, -0.2) is 30.3 Å². The SMILES string of the molecule is CCn1ccc(C(C)NC(=O)c2cc3nc(-c4ccc(F)cc4)cc(C(F)(F)F)n3n2)n1. The molecule has 4 rings (SSSR count). The van der Waals surface area contributed by atoms with Crippen molar-refractivity contribution in [1.29, 1.82) is 0 Å². The number of carbonyl (C=O) groups excluding carboxylic acids is 1. The maximum absolute atomic E-state index is 13.7. The highest BCUT2D eigenvalue weighted by Crippen LogP contribution is 2.32. The Hall–Kier alpha value is -3.76. The van der Waals surface area contributed by atoms with Crippen LogP contribution in [0.1, 0.15) is 41.8 Å². The average Bonchev–Trinajstić information content (AvgIpc) is 3.40. The highest BCUT2D eigenvalue weighted by molar-refractivity contribution is 5.93. The van der Waals surface area contributed by atoms with Crippen LogP contribution < -0.4 is 5.32 Å². The van der Waals surface area contributed by atoms with Crippen LogP contribution in [0.5, 0.6) is 0 Å². The van der Waals surface area contributed by atoms with Gasteiger partial charge >= 0.3 is 6.18 Å². The van der Waals surface area contributed by atoms with Crippen molar-refractivity contribution < 1.29 is 22.4 Å². The van der Waals surface area contributed by atoms with E-state index in [9.17, 15) is 22.4 Å². The Bertz CT molecular complexity index is 1280. The molecule has 0 saturated carbocycles. The van der Waals surface area contributed by atoms with Crippen LogP contribution in [0.2, 0.25) is 0 Å². The van der Waals surface area contributed by atoms with E-state index in [0.717, 1.165) is 18.2 Å². The lowest BCUT2D eigenvalue weighted by atomic mass is 10.1. The zero-order chi connectivity index (χ0) is 23.0. The van der Waals surface area contributed by atoms with Crippen molar-refractivity contribution >= 4 is 11.6 Å². The third-order valence-electron chi connectivity index (χ3n) is 4.87. The highest BCUT2D eigenvalue weighted by Gasteiger charge is 2.35. The molecule has 0 fully saturated rings. The van der Waals surface area contributed by atoms with E-state index in [1.807, 2.05) is 6.92 Å². The van der Waals surface area contributed by atoms with Crippen molar-refractivity contribution in [3.8, 4) is 11.3 Å². The number of alkyl halides is 3. The monoisotopic (exact) mass is 446 g/mol. The summed E-state index contributed by atoms with van der Waals surface area (Å²) in [6.07, 6.45) is -2.99. The molecule has 0 saturated heterocycles. The molecule has 3 heterocycles. The third-order valence-corrected chi connectivity index (χ3v) is 4.87. The zero-order valence-corrected chi connectivity index (χ0v) is 17.1. The van der Waals surface area contributed by atoms with E-state index in [2.05, 4.69) is 20.5 Å². The van der Waals surface area contributed by atoms with Crippen LogP contribution in [-0.2, 0) is 12.7 Å². The molecule has 0 spiro atoms. The molecule has 1 aromatic carbocycles. The topological polar surface area (TPSA) is 77.1 Å². The summed E-state index contributed by atoms with van der Waals surface area (Å²) in [5, 5.41) is 10.8. The summed E-state index contributed by atoms with van der Waals surface area (Å²) in [5.41, 5.74) is -0.595. The normalized spacial score (nSPS) is 12.8. The standard InChI is InChI=1S/C21H18F4N6O/c1-3-30-9-8-15(28-30)12(2)26-20(32)17-11-19-27-16(13-4-6-14(22)7-5-13)10-18(21(23,24)25)31(19)29-17/h4-12H,3H2,1-2H3,(H,26,32). The van der Waals surface area contributed by atoms with E-state index >= 15 is 0 Å². The van der Waals surface area contributed by atoms with Gasteiger partial charge in [-0.2, -0.15) is 23.4 Å². The molecule has 3 aromatic heterocycles. The fourth-order valence-electron chi connectivity index (χ4n) is 3.18. The van der Waals surface area contributed by atoms with Crippen LogP contribution in [0, 0.1) is 5.82 Å². The summed E-state index contributed by atoms with van der Waals surface area (Å²) in [7, 11) is 0. The molecule has 1 unspecified atom stereocenters. The van der Waals surface area contributed by atoms with Crippen LogP contribution in [0.25, 0.3) is 16.9 Å². The quantitative estimate of drug-likeness (QED) is 0.465. The maximum atomic E-state index is 13.7. The molecule has 0 bridgehead atoms. The molecule has 0 aliphatic carbocycles. The molecule has 7 nitrogen and oxygen atoms in total. The molecule has 1 amide bonds. The van der Waals surface area contributed by atoms with Crippen LogP contribution >= 0.6 is 0 Å². The summed E-state index contributed by atoms with van der Waals surface area (Å²) in [5.74, 6) is -1.18. The van der Waals surface area contributed by atoms with Gasteiger partial charge in [-0.3, -0.25) is 9.48 Å². The Kier molecular flexibility index (Phi) is 5.41. The molecule has 0 aliphatic heterocycles. The number of hydrogen-bond acceptors (Lipinski definition) is 4. The largest absolute Gasteiger partial charge is 0.433 e. The summed E-state index contributed by atoms with van der Waals surface area (Å²) >= 11 is 0. The molecule has 4 aromatic rings. The van der Waals surface area contributed by atoms with E-state index in [1.165, 1.54) is 18.2 Å². The molecule has 0 aliphatic rings. The first-order valence-corrected chi connectivity index (χ1v) is 9.74. The lowest BCUT2D eigenvalue weighted by Crippen LogP contribution is -2.27. The minimum atomic E-state index is -4.75. The summed E-state index contributed by atoms with van der Waals surface area (Å²) in [6, 6.07) is 8.17. The number of aryl methyl sites for hydroxylation is 1. The summed E-state index contributed by atoms with van der Waals surface area (Å²) in [4.78, 5) is 16.8. The summed E-state index contributed by atoms with van der Waals surface area (Å²) in [6.45, 7) is 4.29. The highest BCUT2D eigenvalue weighted by atomic mass is 19.4. The van der Waals surface area contributed by atoms with Crippen LogP contribution in [0.3, 0.4) is 0 Å². The fraction of sp³-hybridized carbons (Fsp3) is 0.238. The first-order valence-electron chi connectivity index (χ1n) is 9.74. The minimum Gasteiger partial charge on any atom is -0.342 e. The number of fused-ring (bicyclic) bond motifs is 1. The van der Waals surface area contributed by atoms with Gasteiger partial charge in [-0.05, 0) is 50.2 Å². The number of amides is 1. The number of aromatic nitrogens is 5. The number of benzene rings is 1. The minimum absolute atomic E-state index is 0.0184. The lowest BCUT2D eigenvalue weighted by molar-refractivity contribution is -0.142. The van der Waals surface area contributed by atoms with E-state index in [-0.39, 0.29) is 17.0 Å². The van der Waals surface area contributed by atoms with Crippen molar-refractivity contribution in [2.75, 3.05) is 0 Å². The second kappa shape index (κ2) is 8.06. The lowest BCUT2D eigenvalue weighted by Gasteiger charge is -2.11. The summed E-state index contributed by atoms with van der Waals surface area (Å²) < 4.78 is 56.6. The fourth-order valence-corrected chi connectivity index (χ4v) is 3.18. The van der Waals surface area contributed by atoms with Crippen molar-refractivity contribution in [3.05, 3.63) is 71.6 Å². The predicted molar refractivity (Wildman–Crippen MR) is 107 cm³/mol. The second-order valence-electron chi connectivity index (χ2n) is 7.12. The van der Waals surface area contributed by atoms with E-state index in [0.29, 0.717) is 22.3 Å². The molecule has 166 valence electrons. The van der Waals surface area contributed by atoms with E-state index in [1.54, 1.807) is 23.9 Å². The molecular weight excluding hydrogens is 428 g/mol. The number of rotatable bonds is 5. The van der Waals surface area contributed by atoms with Gasteiger partial charge in [0.15, 0.2) is 17.0 Å². The maximum Gasteiger partial charge on any atom is 0.433 e. The van der Waals surface area contributed by atoms with Crippen molar-refractivity contribution in [2.24, 2.45) is 0 Å². The van der Waals surface area contributed by atoms with Gasteiger partial charge in [0.05, 0.1) is 17.4 Å². The number of hydrogen-bond donors (Lipinski definition) is 1. The Balaban J connectivity index is 1.70. The van der Waals surface area contributed by atoms with Crippen LogP contribution in [0.4, 0.5) is 17.6 Å². The molecular formula is C21H18F4N6O. The van der Waals surface area contributed by atoms with Gasteiger partial charge < -0.3 is 5.32 Å². The predicted octanol–water partition coefficient (Wildman–Crippen LogP) is 4.26. The number of halogens is 4. The van der Waals surface area contributed by atoms with Gasteiger partial charge in [-0.15, -0.1) is 0 Å². The Morgan fingerprint density at radius 3 is 2.47 bits per heavy atom. The van der Waals surface area contributed by atoms with Gasteiger partial charge in [0.25, 0.3) is 5.91 Å². The van der Waals surface area contributed by atoms with Gasteiger partial charge in [-0.25, -0.2) is 13.9 Å². The molecule has 32 heavy (non-hydrogen) atoms. The van der Waals surface area contributed by atoms with Crippen molar-refractivity contribution in [1.82, 2.24) is 29.7 Å². The van der Waals surface area contributed by atoms with Crippen molar-refractivity contribution in [3.63, 3.8) is 0 Å². The zero-order valence-electron chi connectivity index (χ0n) is 17.1. The average molecular weight is 446 g/mol. The van der Waals surface area contributed by atoms with Crippen molar-refractivity contribution in [2.45, 2.75) is 32.6 Å². The number of nitrogens with zero attached hydrogens (tertiary/aromatic N) is 5. The van der Waals surface area contributed by atoms with Gasteiger partial charge in [0.2, 0.25) is 0 Å². The Morgan fingerprint density at radius 1 is 1.12 bits per heavy atom. The van der Waals surface area contributed by atoms with Gasteiger partial charge in [-0.1, -0.05) is 0 Å². The molecule has 0 radical (unpaired) electrons. The Morgan fingerprint density at radius 2 is 1.84 bits per heavy atom.